The third-order valence-corrected chi connectivity index (χ3v) is 5.70. The molecule has 7 nitrogen and oxygen atoms in total. The van der Waals surface area contributed by atoms with E-state index in [1.807, 2.05) is 12.2 Å². The van der Waals surface area contributed by atoms with Gasteiger partial charge in [0.25, 0.3) is 0 Å². The van der Waals surface area contributed by atoms with E-state index in [0.717, 1.165) is 0 Å². The third kappa shape index (κ3) is 2.41. The smallest absolute Gasteiger partial charge is 0.334 e. The average molecular weight is 352 g/mol. The van der Waals surface area contributed by atoms with Gasteiger partial charge in [-0.2, -0.15) is 0 Å². The summed E-state index contributed by atoms with van der Waals surface area (Å²) in [6.07, 6.45) is 4.65. The molecule has 1 fully saturated rings. The van der Waals surface area contributed by atoms with Crippen molar-refractivity contribution in [1.82, 2.24) is 0 Å². The molecule has 1 saturated heterocycles. The summed E-state index contributed by atoms with van der Waals surface area (Å²) in [5, 5.41) is 0. The average Bonchev–Trinajstić information content (AvgIpc) is 3.10. The lowest BCUT2D eigenvalue weighted by molar-refractivity contribution is -0.437. The van der Waals surface area contributed by atoms with Crippen molar-refractivity contribution in [2.24, 2.45) is 5.41 Å². The number of carbonyl (C=O) groups excluding carboxylic acids is 2. The lowest BCUT2D eigenvalue weighted by Crippen LogP contribution is -2.68. The Morgan fingerprint density at radius 1 is 1.08 bits per heavy atom. The van der Waals surface area contributed by atoms with Gasteiger partial charge < -0.3 is 23.7 Å². The number of ether oxygens (including phenoxy) is 5. The summed E-state index contributed by atoms with van der Waals surface area (Å²) >= 11 is 0. The summed E-state index contributed by atoms with van der Waals surface area (Å²) in [6, 6.07) is 0. The molecule has 3 rings (SSSR count). The van der Waals surface area contributed by atoms with Gasteiger partial charge in [0, 0.05) is 14.2 Å². The van der Waals surface area contributed by atoms with Gasteiger partial charge in [0.2, 0.25) is 11.6 Å². The van der Waals surface area contributed by atoms with Gasteiger partial charge in [0.1, 0.15) is 6.10 Å². The van der Waals surface area contributed by atoms with Gasteiger partial charge in [0.05, 0.1) is 18.1 Å². The number of fused-ring (bicyclic) bond motifs is 1. The number of hydrogen-bond donors (Lipinski definition) is 0. The maximum absolute atomic E-state index is 13.3. The van der Waals surface area contributed by atoms with Crippen molar-refractivity contribution >= 4 is 11.8 Å². The van der Waals surface area contributed by atoms with Gasteiger partial charge in [-0.15, -0.1) is 0 Å². The number of esters is 1. The highest BCUT2D eigenvalue weighted by Crippen LogP contribution is 2.50. The lowest BCUT2D eigenvalue weighted by Gasteiger charge is -2.53. The van der Waals surface area contributed by atoms with E-state index >= 15 is 0 Å². The molecule has 4 atom stereocenters. The predicted molar refractivity (Wildman–Crippen MR) is 86.5 cm³/mol. The zero-order chi connectivity index (χ0) is 18.5. The van der Waals surface area contributed by atoms with Gasteiger partial charge in [0.15, 0.2) is 11.9 Å². The van der Waals surface area contributed by atoms with Crippen LogP contribution >= 0.6 is 0 Å². The van der Waals surface area contributed by atoms with Crippen LogP contribution in [0.4, 0.5) is 0 Å². The molecule has 1 heterocycles. The Hall–Kier alpha value is -1.54. The highest BCUT2D eigenvalue weighted by Gasteiger charge is 2.63. The summed E-state index contributed by atoms with van der Waals surface area (Å²) in [5.41, 5.74) is -0.651. The van der Waals surface area contributed by atoms with Crippen LogP contribution in [0.1, 0.15) is 26.7 Å². The number of rotatable bonds is 3. The molecule has 0 aromatic carbocycles. The van der Waals surface area contributed by atoms with Crippen molar-refractivity contribution < 1.29 is 33.3 Å². The zero-order valence-corrected chi connectivity index (χ0v) is 15.2. The number of carbonyl (C=O) groups is 2. The SMILES string of the molecule is COC(=O)C1=C[C@H]2O[C@](C)(OC)[C@@](C)(OC)O[C@@H]2C(=O)C12CC=CC2. The Bertz CT molecular complexity index is 644. The van der Waals surface area contributed by atoms with Crippen LogP contribution in [0.3, 0.4) is 0 Å². The molecular weight excluding hydrogens is 328 g/mol. The quantitative estimate of drug-likeness (QED) is 0.563. The van der Waals surface area contributed by atoms with Crippen LogP contribution < -0.4 is 0 Å². The molecule has 0 amide bonds. The maximum atomic E-state index is 13.3. The van der Waals surface area contributed by atoms with E-state index in [4.69, 9.17) is 23.7 Å². The first-order chi connectivity index (χ1) is 11.8. The highest BCUT2D eigenvalue weighted by atomic mass is 16.8. The van der Waals surface area contributed by atoms with Crippen molar-refractivity contribution in [3.63, 3.8) is 0 Å². The minimum atomic E-state index is -1.28. The largest absolute Gasteiger partial charge is 0.466 e. The fourth-order valence-electron chi connectivity index (χ4n) is 3.81. The predicted octanol–water partition coefficient (Wildman–Crippen LogP) is 1.51. The van der Waals surface area contributed by atoms with Crippen LogP contribution in [-0.4, -0.2) is 56.9 Å². The highest BCUT2D eigenvalue weighted by molar-refractivity contribution is 6.05. The second-order valence-electron chi connectivity index (χ2n) is 6.82. The summed E-state index contributed by atoms with van der Waals surface area (Å²) in [5.74, 6) is -3.26. The van der Waals surface area contributed by atoms with E-state index in [0.29, 0.717) is 18.4 Å². The molecule has 25 heavy (non-hydrogen) atoms. The van der Waals surface area contributed by atoms with E-state index in [9.17, 15) is 9.59 Å². The van der Waals surface area contributed by atoms with Crippen molar-refractivity contribution in [3.05, 3.63) is 23.8 Å². The van der Waals surface area contributed by atoms with Gasteiger partial charge in [-0.05, 0) is 32.8 Å². The molecule has 0 saturated carbocycles. The first-order valence-corrected chi connectivity index (χ1v) is 8.23. The molecule has 1 spiro atoms. The minimum Gasteiger partial charge on any atom is -0.466 e. The van der Waals surface area contributed by atoms with Crippen molar-refractivity contribution in [1.29, 1.82) is 0 Å². The lowest BCUT2D eigenvalue weighted by atomic mass is 9.67. The Kier molecular flexibility index (Phi) is 4.39. The second-order valence-corrected chi connectivity index (χ2v) is 6.82. The standard InChI is InChI=1S/C18H24O7/c1-16(22-4)17(2,23-5)25-13-12(24-16)10-11(15(20)21-3)18(14(13)19)8-6-7-9-18/h6-7,10,12-13H,8-9H2,1-5H3/t12-,13+,16+,17+/m1/s1. The maximum Gasteiger partial charge on any atom is 0.334 e. The monoisotopic (exact) mass is 352 g/mol. The molecule has 1 aliphatic heterocycles. The molecule has 138 valence electrons. The summed E-state index contributed by atoms with van der Waals surface area (Å²) in [4.78, 5) is 25.7. The Morgan fingerprint density at radius 2 is 1.64 bits per heavy atom. The molecule has 0 unspecified atom stereocenters. The van der Waals surface area contributed by atoms with Crippen LogP contribution in [0.25, 0.3) is 0 Å². The molecule has 7 heteroatoms. The summed E-state index contributed by atoms with van der Waals surface area (Å²) < 4.78 is 27.9. The van der Waals surface area contributed by atoms with Crippen LogP contribution in [0.2, 0.25) is 0 Å². The first kappa shape index (κ1) is 18.3. The van der Waals surface area contributed by atoms with Crippen LogP contribution in [-0.2, 0) is 33.3 Å². The molecule has 0 aromatic rings. The number of ketones is 1. The van der Waals surface area contributed by atoms with Crippen molar-refractivity contribution in [2.45, 2.75) is 50.5 Å². The van der Waals surface area contributed by atoms with Gasteiger partial charge in [-0.1, -0.05) is 12.2 Å². The summed E-state index contributed by atoms with van der Waals surface area (Å²) in [7, 11) is 4.24. The van der Waals surface area contributed by atoms with Crippen LogP contribution in [0, 0.1) is 5.41 Å². The van der Waals surface area contributed by atoms with Gasteiger partial charge in [-0.3, -0.25) is 4.79 Å². The van der Waals surface area contributed by atoms with E-state index in [2.05, 4.69) is 0 Å². The molecule has 2 aliphatic carbocycles. The van der Waals surface area contributed by atoms with Gasteiger partial charge >= 0.3 is 5.97 Å². The van der Waals surface area contributed by atoms with E-state index in [1.165, 1.54) is 21.3 Å². The molecule has 0 aromatic heterocycles. The second kappa shape index (κ2) is 6.02. The summed E-state index contributed by atoms with van der Waals surface area (Å²) in [6.45, 7) is 3.34. The Balaban J connectivity index is 2.08. The fourth-order valence-corrected chi connectivity index (χ4v) is 3.81. The van der Waals surface area contributed by atoms with Crippen LogP contribution in [0.5, 0.6) is 0 Å². The first-order valence-electron chi connectivity index (χ1n) is 8.23. The number of Topliss-reactive ketones (excluding diaryl/α,β-unsaturated/α-hetero) is 1. The van der Waals surface area contributed by atoms with E-state index < -0.39 is 35.2 Å². The topological polar surface area (TPSA) is 80.3 Å². The van der Waals surface area contributed by atoms with Crippen molar-refractivity contribution in [3.8, 4) is 0 Å². The molecule has 0 bridgehead atoms. The molecule has 3 aliphatic rings. The zero-order valence-electron chi connectivity index (χ0n) is 15.2. The number of methoxy groups -OCH3 is 3. The molecule has 0 N–H and O–H groups in total. The van der Waals surface area contributed by atoms with Crippen LogP contribution in [0.15, 0.2) is 23.8 Å². The molecular formula is C18H24O7. The number of allylic oxidation sites excluding steroid dienone is 2. The number of hydrogen-bond acceptors (Lipinski definition) is 7. The Labute approximate surface area is 146 Å². The van der Waals surface area contributed by atoms with Crippen molar-refractivity contribution in [2.75, 3.05) is 21.3 Å². The minimum absolute atomic E-state index is 0.202. The third-order valence-electron chi connectivity index (χ3n) is 5.70. The van der Waals surface area contributed by atoms with E-state index in [1.54, 1.807) is 19.9 Å². The van der Waals surface area contributed by atoms with Gasteiger partial charge in [-0.25, -0.2) is 4.79 Å². The fraction of sp³-hybridized carbons (Fsp3) is 0.667. The molecule has 0 radical (unpaired) electrons. The van der Waals surface area contributed by atoms with E-state index in [-0.39, 0.29) is 5.78 Å². The normalized spacial score (nSPS) is 39.2. The Morgan fingerprint density at radius 3 is 2.16 bits per heavy atom.